The monoisotopic (exact) mass is 1230 g/mol. The van der Waals surface area contributed by atoms with Crippen LogP contribution in [0, 0.1) is 0 Å². The molecule has 0 fully saturated rings. The third-order valence-electron chi connectivity index (χ3n) is 19.8. The Morgan fingerprint density at radius 3 is 1.43 bits per heavy atom. The summed E-state index contributed by atoms with van der Waals surface area (Å²) in [5.41, 5.74) is 22.8. The van der Waals surface area contributed by atoms with E-state index in [1.165, 1.54) is 118 Å². The second kappa shape index (κ2) is 20.9. The molecule has 0 bridgehead atoms. The van der Waals surface area contributed by atoms with E-state index in [1.807, 2.05) is 22.7 Å². The number of para-hydroxylation sites is 1. The van der Waals surface area contributed by atoms with Gasteiger partial charge in [-0.15, -0.1) is 22.7 Å². The number of aromatic nitrogens is 2. The lowest BCUT2D eigenvalue weighted by atomic mass is 9.30. The van der Waals surface area contributed by atoms with E-state index in [9.17, 15) is 0 Å². The molecule has 0 aliphatic carbocycles. The predicted molar refractivity (Wildman–Crippen MR) is 400 cm³/mol. The van der Waals surface area contributed by atoms with Crippen LogP contribution in [0.2, 0.25) is 19.6 Å². The smallest absolute Gasteiger partial charge is 0.271 e. The zero-order chi connectivity index (χ0) is 63.5. The van der Waals surface area contributed by atoms with Gasteiger partial charge in [0, 0.05) is 96.7 Å². The first-order valence-corrected chi connectivity index (χ1v) is 37.7. The van der Waals surface area contributed by atoms with E-state index in [4.69, 9.17) is 9.97 Å². The van der Waals surface area contributed by atoms with Gasteiger partial charge in [0.15, 0.2) is 0 Å². The lowest BCUT2D eigenvalue weighted by Gasteiger charge is -2.49. The minimum absolute atomic E-state index is 0.0549. The largest absolute Gasteiger partial charge is 0.309 e. The number of rotatable bonds is 7. The molecule has 2 aliphatic rings. The molecule has 0 saturated carbocycles. The second-order valence-corrected chi connectivity index (χ2v) is 38.3. The first-order chi connectivity index (χ1) is 43.2. The van der Waals surface area contributed by atoms with Crippen LogP contribution in [-0.4, -0.2) is 24.8 Å². The van der Waals surface area contributed by atoms with Crippen LogP contribution in [-0.2, 0) is 27.1 Å². The van der Waals surface area contributed by atoms with Crippen LogP contribution in [0.25, 0.3) is 73.7 Å². The maximum atomic E-state index is 6.14. The molecule has 15 rings (SSSR count). The van der Waals surface area contributed by atoms with Gasteiger partial charge in [-0.1, -0.05) is 271 Å². The summed E-state index contributed by atoms with van der Waals surface area (Å²) in [6.45, 7) is 35.1. The number of benzene rings is 9. The van der Waals surface area contributed by atoms with E-state index in [0.717, 1.165) is 39.5 Å². The molecule has 3 nitrogen and oxygen atoms in total. The van der Waals surface area contributed by atoms with E-state index in [1.54, 1.807) is 0 Å². The maximum Gasteiger partial charge on any atom is 0.271 e. The summed E-state index contributed by atoms with van der Waals surface area (Å²) in [4.78, 5) is 14.0. The molecule has 91 heavy (non-hydrogen) atoms. The highest BCUT2D eigenvalue weighted by Crippen LogP contribution is 2.54. The first-order valence-electron chi connectivity index (χ1n) is 32.6. The number of nitrogens with zero attached hydrogens (tertiary/aromatic N) is 3. The quantitative estimate of drug-likeness (QED) is 0.149. The van der Waals surface area contributed by atoms with Gasteiger partial charge >= 0.3 is 0 Å². The molecule has 0 saturated heterocycles. The van der Waals surface area contributed by atoms with Crippen molar-refractivity contribution in [3.63, 3.8) is 0 Å². The second-order valence-electron chi connectivity index (χ2n) is 31.0. The van der Waals surface area contributed by atoms with Crippen LogP contribution < -0.4 is 26.6 Å². The maximum absolute atomic E-state index is 6.14. The summed E-state index contributed by atoms with van der Waals surface area (Å²) in [6.07, 6.45) is 2.11. The van der Waals surface area contributed by atoms with Crippen molar-refractivity contribution in [2.24, 2.45) is 0 Å². The van der Waals surface area contributed by atoms with E-state index in [-0.39, 0.29) is 28.4 Å². The van der Waals surface area contributed by atoms with Crippen LogP contribution in [0.5, 0.6) is 0 Å². The minimum atomic E-state index is -2.20. The molecule has 0 amide bonds. The fourth-order valence-corrected chi connectivity index (χ4v) is 18.1. The van der Waals surface area contributed by atoms with Crippen molar-refractivity contribution in [1.29, 1.82) is 0 Å². The van der Waals surface area contributed by atoms with Crippen molar-refractivity contribution in [2.45, 2.75) is 130 Å². The molecule has 0 N–H and O–H groups in total. The fraction of sp³-hybridized carbons (Fsp3) is 0.238. The fourth-order valence-electron chi connectivity index (χ4n) is 14.7. The van der Waals surface area contributed by atoms with Crippen molar-refractivity contribution >= 4 is 117 Å². The van der Waals surface area contributed by atoms with Gasteiger partial charge in [-0.25, -0.2) is 0 Å². The number of pyridine rings is 2. The van der Waals surface area contributed by atoms with Crippen LogP contribution in [0.15, 0.2) is 212 Å². The molecular formula is C84H80BN3S2Si. The highest BCUT2D eigenvalue weighted by molar-refractivity contribution is 7.26. The number of fused-ring (bicyclic) bond motifs is 10. The molecule has 0 unspecified atom stereocenters. The summed E-state index contributed by atoms with van der Waals surface area (Å²) in [7, 11) is -2.20. The Labute approximate surface area is 548 Å². The zero-order valence-electron chi connectivity index (χ0n) is 55.4. The van der Waals surface area contributed by atoms with Crippen LogP contribution in [0.4, 0.5) is 17.1 Å². The standard InChI is InChI=1S/C84H80BN3S2Si/c1-80(2,3)55-31-35-57(36-32-55)84(58-37-33-56(34-38-58)81(4,5)6)66-45-51(54-30-43-75(86-50-54)82(7,8)9)29-41-68(66)85-77-67(84)48-59(91(13,14)15)49-70(77)88(69-42-44-76(83(10,11)12)87-79(69)85)78-60(52-27-39-64-62-21-16-18-25-71(62)89-73(64)46-52)23-20-24-61(78)53-28-40-65-63-22-17-19-26-72(63)90-74(65)47-53/h16-50H,1-15H3. The highest BCUT2D eigenvalue weighted by Gasteiger charge is 2.53. The third-order valence-corrected chi connectivity index (χ3v) is 24.1. The topological polar surface area (TPSA) is 29.0 Å². The Balaban J connectivity index is 1.11. The first kappa shape index (κ1) is 59.1. The SMILES string of the molecule is CC(C)(C)c1ccc(C2(c3ccc(C(C)(C)C)cc3)c3cc(-c4ccc(C(C)(C)C)nc4)ccc3B3c4nc(C(C)(C)C)ccc4N(c4c(-c5ccc6c(c5)sc5ccccc56)cccc4-c4ccc5c(c4)sc4ccccc45)c4cc([Si](C)(C)C)cc2c43)cc1. The van der Waals surface area contributed by atoms with Gasteiger partial charge in [-0.2, -0.15) is 0 Å². The Hall–Kier alpha value is -8.20. The Morgan fingerprint density at radius 1 is 0.418 bits per heavy atom. The molecule has 6 heterocycles. The van der Waals surface area contributed by atoms with Gasteiger partial charge in [-0.05, 0) is 115 Å². The molecule has 0 radical (unpaired) electrons. The molecule has 0 spiro atoms. The van der Waals surface area contributed by atoms with Crippen LogP contribution >= 0.6 is 22.7 Å². The van der Waals surface area contributed by atoms with Gasteiger partial charge in [0.1, 0.15) is 0 Å². The van der Waals surface area contributed by atoms with Crippen molar-refractivity contribution in [3.05, 3.63) is 257 Å². The van der Waals surface area contributed by atoms with Gasteiger partial charge in [0.2, 0.25) is 0 Å². The number of hydrogen-bond acceptors (Lipinski definition) is 5. The molecule has 4 aromatic heterocycles. The van der Waals surface area contributed by atoms with E-state index in [0.29, 0.717) is 0 Å². The van der Waals surface area contributed by atoms with Gasteiger partial charge in [0.25, 0.3) is 6.71 Å². The van der Waals surface area contributed by atoms with Gasteiger partial charge in [0.05, 0.1) is 24.9 Å². The predicted octanol–water partition coefficient (Wildman–Crippen LogP) is 20.9. The summed E-state index contributed by atoms with van der Waals surface area (Å²) < 4.78 is 5.18. The average Bonchev–Trinajstić information content (AvgIpc) is 1.20. The van der Waals surface area contributed by atoms with E-state index in [2.05, 4.69) is 320 Å². The lowest BCUT2D eigenvalue weighted by Crippen LogP contribution is -2.67. The van der Waals surface area contributed by atoms with Crippen molar-refractivity contribution in [2.75, 3.05) is 4.90 Å². The average molecular weight is 1230 g/mol. The zero-order valence-corrected chi connectivity index (χ0v) is 58.1. The number of thiophene rings is 2. The summed E-state index contributed by atoms with van der Waals surface area (Å²) in [6, 6.07) is 80.9. The summed E-state index contributed by atoms with van der Waals surface area (Å²) in [5.74, 6) is 0. The number of hydrogen-bond donors (Lipinski definition) is 0. The Morgan fingerprint density at radius 2 is 0.923 bits per heavy atom. The van der Waals surface area contributed by atoms with Crippen molar-refractivity contribution < 1.29 is 0 Å². The number of anilines is 3. The lowest BCUT2D eigenvalue weighted by molar-refractivity contribution is 0.569. The van der Waals surface area contributed by atoms with Crippen molar-refractivity contribution in [1.82, 2.24) is 9.97 Å². The third kappa shape index (κ3) is 9.70. The van der Waals surface area contributed by atoms with Crippen LogP contribution in [0.3, 0.4) is 0 Å². The van der Waals surface area contributed by atoms with E-state index >= 15 is 0 Å². The molecule has 13 aromatic rings. The van der Waals surface area contributed by atoms with Gasteiger partial charge in [-0.3, -0.25) is 9.97 Å². The van der Waals surface area contributed by atoms with Crippen molar-refractivity contribution in [3.8, 4) is 33.4 Å². The molecule has 7 heteroatoms. The summed E-state index contributed by atoms with van der Waals surface area (Å²) in [5, 5.41) is 6.61. The summed E-state index contributed by atoms with van der Waals surface area (Å²) >= 11 is 3.77. The van der Waals surface area contributed by atoms with Crippen LogP contribution in [0.1, 0.15) is 128 Å². The Bertz CT molecular complexity index is 4880. The molecular weight excluding hydrogens is 1150 g/mol. The highest BCUT2D eigenvalue weighted by atomic mass is 32.1. The Kier molecular flexibility index (Phi) is 13.6. The molecule has 450 valence electrons. The molecule has 2 aliphatic heterocycles. The minimum Gasteiger partial charge on any atom is -0.309 e. The van der Waals surface area contributed by atoms with Gasteiger partial charge < -0.3 is 4.90 Å². The normalized spacial score (nSPS) is 14.1. The molecule has 9 aromatic carbocycles. The molecule has 0 atom stereocenters. The van der Waals surface area contributed by atoms with E-state index < -0.39 is 13.5 Å².